The molecule has 43 heavy (non-hydrogen) atoms. The van der Waals surface area contributed by atoms with Crippen LogP contribution in [0.3, 0.4) is 0 Å². The minimum Gasteiger partial charge on any atom is -0.494 e. The van der Waals surface area contributed by atoms with E-state index in [-0.39, 0.29) is 40.5 Å². The molecule has 3 aromatic rings. The van der Waals surface area contributed by atoms with Crippen molar-refractivity contribution >= 4 is 50.7 Å². The van der Waals surface area contributed by atoms with Gasteiger partial charge in [0, 0.05) is 12.6 Å². The van der Waals surface area contributed by atoms with Gasteiger partial charge in [-0.25, -0.2) is 12.8 Å². The molecular formula is C31H36Cl2FN3O5S. The Morgan fingerprint density at radius 3 is 2.14 bits per heavy atom. The van der Waals surface area contributed by atoms with Gasteiger partial charge in [-0.15, -0.1) is 0 Å². The van der Waals surface area contributed by atoms with Crippen molar-refractivity contribution in [2.24, 2.45) is 0 Å². The van der Waals surface area contributed by atoms with Crippen LogP contribution in [0, 0.1) is 5.82 Å². The maximum atomic E-state index is 14.1. The number of sulfonamides is 1. The third-order valence-corrected chi connectivity index (χ3v) is 9.37. The number of rotatable bonds is 14. The fourth-order valence-corrected chi connectivity index (χ4v) is 6.07. The highest BCUT2D eigenvalue weighted by Gasteiger charge is 2.34. The fraction of sp³-hybridized carbons (Fsp3) is 0.355. The third kappa shape index (κ3) is 8.84. The van der Waals surface area contributed by atoms with Gasteiger partial charge in [0.05, 0.1) is 27.2 Å². The molecule has 0 saturated carbocycles. The van der Waals surface area contributed by atoms with Gasteiger partial charge in [-0.2, -0.15) is 0 Å². The van der Waals surface area contributed by atoms with Crippen LogP contribution in [-0.4, -0.2) is 50.4 Å². The maximum absolute atomic E-state index is 14.1. The molecule has 2 atom stereocenters. The summed E-state index contributed by atoms with van der Waals surface area (Å²) < 4.78 is 48.1. The molecule has 0 bridgehead atoms. The van der Waals surface area contributed by atoms with Crippen LogP contribution in [0.25, 0.3) is 0 Å². The number of hydrogen-bond donors (Lipinski definition) is 1. The Labute approximate surface area is 262 Å². The van der Waals surface area contributed by atoms with E-state index < -0.39 is 34.3 Å². The smallest absolute Gasteiger partial charge is 0.264 e. The lowest BCUT2D eigenvalue weighted by Crippen LogP contribution is -2.53. The number of halogens is 3. The second-order valence-electron chi connectivity index (χ2n) is 9.90. The van der Waals surface area contributed by atoms with Crippen molar-refractivity contribution in [3.05, 3.63) is 88.2 Å². The van der Waals surface area contributed by atoms with E-state index >= 15 is 0 Å². The topological polar surface area (TPSA) is 96.0 Å². The fourth-order valence-electron chi connectivity index (χ4n) is 4.33. The maximum Gasteiger partial charge on any atom is 0.264 e. The standard InChI is InChI=1S/C31H36Cl2FN3O5S/c1-5-21(4)35-31(39)29(6-2)36(19-22-8-17-27(32)28(33)18-22)30(38)20-37(24-11-9-23(34)10-12-24)43(40,41)26-15-13-25(14-16-26)42-7-3/h8-18,21,29H,5-7,19-20H2,1-4H3,(H,35,39). The van der Waals surface area contributed by atoms with Gasteiger partial charge < -0.3 is 15.0 Å². The highest BCUT2D eigenvalue weighted by Crippen LogP contribution is 2.28. The van der Waals surface area contributed by atoms with Crippen molar-refractivity contribution in [1.29, 1.82) is 0 Å². The lowest BCUT2D eigenvalue weighted by Gasteiger charge is -2.33. The quantitative estimate of drug-likeness (QED) is 0.216. The molecule has 0 spiro atoms. The van der Waals surface area contributed by atoms with Crippen molar-refractivity contribution < 1.29 is 27.1 Å². The molecule has 0 aromatic heterocycles. The average Bonchev–Trinajstić information content (AvgIpc) is 2.98. The zero-order chi connectivity index (χ0) is 31.7. The minimum atomic E-state index is -4.32. The molecule has 3 aromatic carbocycles. The van der Waals surface area contributed by atoms with Gasteiger partial charge in [-0.1, -0.05) is 43.1 Å². The number of anilines is 1. The van der Waals surface area contributed by atoms with E-state index in [4.69, 9.17) is 27.9 Å². The Kier molecular flexibility index (Phi) is 12.2. The molecule has 2 amide bonds. The highest BCUT2D eigenvalue weighted by atomic mass is 35.5. The lowest BCUT2D eigenvalue weighted by molar-refractivity contribution is -0.140. The van der Waals surface area contributed by atoms with Gasteiger partial charge in [0.2, 0.25) is 11.8 Å². The second-order valence-corrected chi connectivity index (χ2v) is 12.6. The third-order valence-electron chi connectivity index (χ3n) is 6.84. The average molecular weight is 653 g/mol. The SMILES string of the molecule is CCOc1ccc(S(=O)(=O)N(CC(=O)N(Cc2ccc(Cl)c(Cl)c2)C(CC)C(=O)NC(C)CC)c2ccc(F)cc2)cc1. The number of nitrogens with one attached hydrogen (secondary N) is 1. The Balaban J connectivity index is 2.06. The number of ether oxygens (including phenoxy) is 1. The minimum absolute atomic E-state index is 0.0392. The van der Waals surface area contributed by atoms with Crippen molar-refractivity contribution in [2.75, 3.05) is 17.5 Å². The van der Waals surface area contributed by atoms with Crippen molar-refractivity contribution in [1.82, 2.24) is 10.2 Å². The Bertz CT molecular complexity index is 1500. The van der Waals surface area contributed by atoms with Gasteiger partial charge in [0.15, 0.2) is 0 Å². The summed E-state index contributed by atoms with van der Waals surface area (Å²) in [6, 6.07) is 14.4. The molecular weight excluding hydrogens is 616 g/mol. The highest BCUT2D eigenvalue weighted by molar-refractivity contribution is 7.92. The molecule has 2 unspecified atom stereocenters. The first kappa shape index (κ1) is 34.2. The van der Waals surface area contributed by atoms with Crippen LogP contribution in [0.5, 0.6) is 5.75 Å². The molecule has 1 N–H and O–H groups in total. The summed E-state index contributed by atoms with van der Waals surface area (Å²) in [5.41, 5.74) is 0.676. The van der Waals surface area contributed by atoms with E-state index in [1.54, 1.807) is 25.1 Å². The number of amides is 2. The van der Waals surface area contributed by atoms with Crippen LogP contribution < -0.4 is 14.4 Å². The first-order chi connectivity index (χ1) is 20.4. The summed E-state index contributed by atoms with van der Waals surface area (Å²) in [7, 11) is -4.32. The Morgan fingerprint density at radius 1 is 0.930 bits per heavy atom. The monoisotopic (exact) mass is 651 g/mol. The van der Waals surface area contributed by atoms with Crippen LogP contribution in [-0.2, 0) is 26.2 Å². The molecule has 8 nitrogen and oxygen atoms in total. The van der Waals surface area contributed by atoms with Crippen molar-refractivity contribution in [3.63, 3.8) is 0 Å². The molecule has 0 radical (unpaired) electrons. The molecule has 232 valence electrons. The lowest BCUT2D eigenvalue weighted by atomic mass is 10.1. The first-order valence-corrected chi connectivity index (χ1v) is 16.2. The molecule has 0 saturated heterocycles. The Morgan fingerprint density at radius 2 is 1.58 bits per heavy atom. The molecule has 0 fully saturated rings. The van der Waals surface area contributed by atoms with Gasteiger partial charge in [0.1, 0.15) is 24.2 Å². The summed E-state index contributed by atoms with van der Waals surface area (Å²) in [6.45, 7) is 7.07. The molecule has 0 aliphatic heterocycles. The van der Waals surface area contributed by atoms with Gasteiger partial charge in [0.25, 0.3) is 10.0 Å². The predicted octanol–water partition coefficient (Wildman–Crippen LogP) is 6.45. The second kappa shape index (κ2) is 15.4. The Hall–Kier alpha value is -3.34. The summed E-state index contributed by atoms with van der Waals surface area (Å²) in [5, 5.41) is 3.52. The first-order valence-electron chi connectivity index (χ1n) is 14.0. The van der Waals surface area contributed by atoms with Crippen molar-refractivity contribution in [2.45, 2.75) is 64.1 Å². The van der Waals surface area contributed by atoms with Crippen LogP contribution in [0.2, 0.25) is 10.0 Å². The van der Waals surface area contributed by atoms with Crippen molar-refractivity contribution in [3.8, 4) is 5.75 Å². The molecule has 0 heterocycles. The summed E-state index contributed by atoms with van der Waals surface area (Å²) >= 11 is 12.3. The molecule has 0 aliphatic rings. The van der Waals surface area contributed by atoms with Gasteiger partial charge in [-0.3, -0.25) is 13.9 Å². The zero-order valence-corrected chi connectivity index (χ0v) is 26.8. The molecule has 0 aliphatic carbocycles. The largest absolute Gasteiger partial charge is 0.494 e. The summed E-state index contributed by atoms with van der Waals surface area (Å²) in [4.78, 5) is 28.7. The molecule has 12 heteroatoms. The number of hydrogen-bond acceptors (Lipinski definition) is 5. The van der Waals surface area contributed by atoms with Crippen LogP contribution >= 0.6 is 23.2 Å². The van der Waals surface area contributed by atoms with Crippen LogP contribution in [0.4, 0.5) is 10.1 Å². The van der Waals surface area contributed by atoms with E-state index in [1.165, 1.54) is 41.3 Å². The normalized spacial score (nSPS) is 12.7. The molecule has 3 rings (SSSR count). The number of nitrogens with zero attached hydrogens (tertiary/aromatic N) is 2. The van der Waals surface area contributed by atoms with E-state index in [1.807, 2.05) is 20.8 Å². The van der Waals surface area contributed by atoms with Crippen LogP contribution in [0.1, 0.15) is 46.1 Å². The van der Waals surface area contributed by atoms with E-state index in [9.17, 15) is 22.4 Å². The number of carbonyl (C=O) groups is 2. The number of carbonyl (C=O) groups excluding carboxylic acids is 2. The summed E-state index contributed by atoms with van der Waals surface area (Å²) in [5.74, 6) is -1.09. The van der Waals surface area contributed by atoms with Gasteiger partial charge in [-0.05, 0) is 92.9 Å². The van der Waals surface area contributed by atoms with Crippen LogP contribution in [0.15, 0.2) is 71.6 Å². The number of benzene rings is 3. The predicted molar refractivity (Wildman–Crippen MR) is 168 cm³/mol. The van der Waals surface area contributed by atoms with Gasteiger partial charge >= 0.3 is 0 Å². The summed E-state index contributed by atoms with van der Waals surface area (Å²) in [6.07, 6.45) is 0.944. The van der Waals surface area contributed by atoms with E-state index in [2.05, 4.69) is 5.32 Å². The zero-order valence-electron chi connectivity index (χ0n) is 24.5. The van der Waals surface area contributed by atoms with E-state index in [0.29, 0.717) is 29.4 Å². The van der Waals surface area contributed by atoms with E-state index in [0.717, 1.165) is 16.4 Å².